The highest BCUT2D eigenvalue weighted by atomic mass is 32.1. The average Bonchev–Trinajstić information content (AvgIpc) is 3.77. The van der Waals surface area contributed by atoms with Gasteiger partial charge in [0.25, 0.3) is 5.91 Å². The number of piperidine rings is 2. The van der Waals surface area contributed by atoms with Gasteiger partial charge >= 0.3 is 7.12 Å². The number of carbonyl (C=O) groups is 4. The maximum Gasteiger partial charge on any atom is 0.488 e. The van der Waals surface area contributed by atoms with Gasteiger partial charge in [-0.15, -0.1) is 11.3 Å². The van der Waals surface area contributed by atoms with Crippen molar-refractivity contribution in [3.05, 3.63) is 107 Å². The minimum absolute atomic E-state index is 0.108. The number of anilines is 2. The lowest BCUT2D eigenvalue weighted by Crippen LogP contribution is -2.52. The summed E-state index contributed by atoms with van der Waals surface area (Å²) in [6, 6.07) is 25.1. The topological polar surface area (TPSA) is 154 Å². The van der Waals surface area contributed by atoms with Crippen LogP contribution in [0.25, 0.3) is 20.5 Å². The fourth-order valence-electron chi connectivity index (χ4n) is 8.97. The number of rotatable bonds is 9. The van der Waals surface area contributed by atoms with Crippen LogP contribution < -0.4 is 20.6 Å². The molecule has 4 aromatic carbocycles. The number of thiophene rings is 1. The van der Waals surface area contributed by atoms with Crippen molar-refractivity contribution in [2.24, 2.45) is 5.92 Å². The summed E-state index contributed by atoms with van der Waals surface area (Å²) in [5, 5.41) is 32.4. The number of amides is 3. The number of carbonyl (C=O) groups excluding carboxylic acids is 4. The lowest BCUT2D eigenvalue weighted by atomic mass is 9.80. The standard InChI is InChI=1S/C44H44BN5O7S/c51-34-10-12-36-38(24-34)58-42(29-1-5-31(6-2-29)45(56)57)40(36)41(53)28-3-7-32(8-4-28)49-21-19-47(20-22-49)25-27-15-17-48(18-16-27)33-9-11-35-30(23-33)26-50(44(35)55)37-13-14-39(52)46-43(37)54/h1-12,23-24,27,37,51,56-57H,13-22,25-26H2,(H,46,52,54). The van der Waals surface area contributed by atoms with E-state index in [2.05, 4.69) is 26.1 Å². The second-order valence-electron chi connectivity index (χ2n) is 15.8. The third-order valence-corrected chi connectivity index (χ3v) is 13.4. The van der Waals surface area contributed by atoms with Crippen LogP contribution >= 0.6 is 11.3 Å². The van der Waals surface area contributed by atoms with E-state index in [0.29, 0.717) is 41.0 Å². The van der Waals surface area contributed by atoms with Gasteiger partial charge in [-0.2, -0.15) is 0 Å². The first-order valence-corrected chi connectivity index (χ1v) is 20.8. The van der Waals surface area contributed by atoms with Gasteiger partial charge in [0.2, 0.25) is 11.8 Å². The molecule has 0 aliphatic carbocycles. The van der Waals surface area contributed by atoms with Gasteiger partial charge in [-0.1, -0.05) is 24.3 Å². The molecule has 4 aliphatic rings. The normalized spacial score (nSPS) is 19.2. The van der Waals surface area contributed by atoms with Crippen LogP contribution in [0.1, 0.15) is 57.5 Å². The number of aromatic hydroxyl groups is 1. The molecule has 4 N–H and O–H groups in total. The Morgan fingerprint density at radius 2 is 1.50 bits per heavy atom. The molecular weight excluding hydrogens is 753 g/mol. The monoisotopic (exact) mass is 797 g/mol. The third kappa shape index (κ3) is 7.37. The van der Waals surface area contributed by atoms with Crippen LogP contribution in [0.3, 0.4) is 0 Å². The van der Waals surface area contributed by atoms with E-state index in [-0.39, 0.29) is 29.8 Å². The first-order valence-electron chi connectivity index (χ1n) is 20.0. The van der Waals surface area contributed by atoms with E-state index < -0.39 is 19.1 Å². The van der Waals surface area contributed by atoms with E-state index in [1.807, 2.05) is 36.4 Å². The summed E-state index contributed by atoms with van der Waals surface area (Å²) in [6.07, 6.45) is 2.78. The molecule has 5 heterocycles. The van der Waals surface area contributed by atoms with E-state index in [0.717, 1.165) is 96.1 Å². The van der Waals surface area contributed by atoms with Gasteiger partial charge in [-0.05, 0) is 102 Å². The number of hydrogen-bond acceptors (Lipinski definition) is 11. The number of piperazine rings is 1. The predicted molar refractivity (Wildman–Crippen MR) is 225 cm³/mol. The van der Waals surface area contributed by atoms with E-state index in [9.17, 15) is 34.3 Å². The zero-order chi connectivity index (χ0) is 40.1. The molecule has 12 nitrogen and oxygen atoms in total. The predicted octanol–water partition coefficient (Wildman–Crippen LogP) is 3.98. The van der Waals surface area contributed by atoms with E-state index >= 15 is 0 Å². The molecule has 58 heavy (non-hydrogen) atoms. The van der Waals surface area contributed by atoms with Gasteiger partial charge in [0.1, 0.15) is 11.8 Å². The molecule has 4 aliphatic heterocycles. The fraction of sp³-hybridized carbons (Fsp3) is 0.318. The molecule has 1 aromatic heterocycles. The van der Waals surface area contributed by atoms with Crippen LogP contribution in [0, 0.1) is 5.92 Å². The van der Waals surface area contributed by atoms with Gasteiger partial charge < -0.3 is 29.9 Å². The number of hydrogen-bond donors (Lipinski definition) is 4. The Balaban J connectivity index is 0.786. The van der Waals surface area contributed by atoms with Gasteiger partial charge in [0.05, 0.1) is 0 Å². The van der Waals surface area contributed by atoms with Crippen molar-refractivity contribution < 1.29 is 34.3 Å². The average molecular weight is 798 g/mol. The van der Waals surface area contributed by atoms with Crippen molar-refractivity contribution in [3.63, 3.8) is 0 Å². The first-order chi connectivity index (χ1) is 28.1. The minimum Gasteiger partial charge on any atom is -0.508 e. The number of ketones is 1. The van der Waals surface area contributed by atoms with Crippen LogP contribution in [-0.4, -0.2) is 107 Å². The fourth-order valence-corrected chi connectivity index (χ4v) is 10.2. The summed E-state index contributed by atoms with van der Waals surface area (Å²) < 4.78 is 0.795. The number of nitrogens with one attached hydrogen (secondary N) is 1. The van der Waals surface area contributed by atoms with Crippen LogP contribution in [0.4, 0.5) is 11.4 Å². The molecule has 3 saturated heterocycles. The molecule has 3 amide bonds. The molecule has 14 heteroatoms. The zero-order valence-electron chi connectivity index (χ0n) is 32.0. The van der Waals surface area contributed by atoms with Crippen molar-refractivity contribution in [1.29, 1.82) is 0 Å². The molecule has 0 bridgehead atoms. The Morgan fingerprint density at radius 3 is 2.21 bits per heavy atom. The van der Waals surface area contributed by atoms with Crippen LogP contribution in [0.5, 0.6) is 5.75 Å². The van der Waals surface area contributed by atoms with E-state index in [4.69, 9.17) is 0 Å². The maximum atomic E-state index is 14.1. The summed E-state index contributed by atoms with van der Waals surface area (Å²) in [4.78, 5) is 61.1. The molecule has 0 spiro atoms. The second-order valence-corrected chi connectivity index (χ2v) is 16.9. The van der Waals surface area contributed by atoms with Crippen molar-refractivity contribution in [2.75, 3.05) is 55.6 Å². The Labute approximate surface area is 340 Å². The Bertz CT molecular complexity index is 2400. The quantitative estimate of drug-likeness (QED) is 0.0979. The molecule has 296 valence electrons. The summed E-state index contributed by atoms with van der Waals surface area (Å²) >= 11 is 1.42. The van der Waals surface area contributed by atoms with Crippen LogP contribution in [-0.2, 0) is 16.1 Å². The zero-order valence-corrected chi connectivity index (χ0v) is 32.8. The summed E-state index contributed by atoms with van der Waals surface area (Å²) in [6.45, 7) is 7.07. The lowest BCUT2D eigenvalue weighted by Gasteiger charge is -2.40. The van der Waals surface area contributed by atoms with Crippen molar-refractivity contribution in [1.82, 2.24) is 15.1 Å². The summed E-state index contributed by atoms with van der Waals surface area (Å²) in [7, 11) is -1.58. The van der Waals surface area contributed by atoms with Crippen LogP contribution in [0.2, 0.25) is 0 Å². The van der Waals surface area contributed by atoms with Gasteiger partial charge in [0, 0.05) is 102 Å². The van der Waals surface area contributed by atoms with E-state index in [1.54, 1.807) is 47.4 Å². The van der Waals surface area contributed by atoms with Crippen molar-refractivity contribution >= 4 is 68.9 Å². The summed E-state index contributed by atoms with van der Waals surface area (Å²) in [5.41, 5.74) is 6.05. The highest BCUT2D eigenvalue weighted by Gasteiger charge is 2.39. The molecule has 1 unspecified atom stereocenters. The molecule has 5 aromatic rings. The molecule has 9 rings (SSSR count). The summed E-state index contributed by atoms with van der Waals surface area (Å²) in [5.74, 6) is -0.194. The Kier molecular flexibility index (Phi) is 10.3. The van der Waals surface area contributed by atoms with E-state index in [1.165, 1.54) is 11.3 Å². The number of fused-ring (bicyclic) bond motifs is 2. The minimum atomic E-state index is -1.58. The second kappa shape index (κ2) is 15.7. The highest BCUT2D eigenvalue weighted by molar-refractivity contribution is 7.22. The largest absolute Gasteiger partial charge is 0.508 e. The van der Waals surface area contributed by atoms with Crippen molar-refractivity contribution in [2.45, 2.75) is 38.3 Å². The Hall–Kier alpha value is -5.54. The molecule has 0 radical (unpaired) electrons. The molecular formula is C44H44BN5O7S. The van der Waals surface area contributed by atoms with Gasteiger partial charge in [0.15, 0.2) is 5.78 Å². The number of nitrogens with zero attached hydrogens (tertiary/aromatic N) is 4. The third-order valence-electron chi connectivity index (χ3n) is 12.2. The highest BCUT2D eigenvalue weighted by Crippen LogP contribution is 2.41. The first kappa shape index (κ1) is 38.0. The Morgan fingerprint density at radius 1 is 0.793 bits per heavy atom. The van der Waals surface area contributed by atoms with Crippen molar-refractivity contribution in [3.8, 4) is 16.2 Å². The number of imide groups is 1. The number of phenolic OH excluding ortho intramolecular Hbond substituents is 1. The lowest BCUT2D eigenvalue weighted by molar-refractivity contribution is -0.136. The smallest absolute Gasteiger partial charge is 0.488 e. The number of benzene rings is 4. The number of phenols is 1. The maximum absolute atomic E-state index is 14.1. The molecule has 0 saturated carbocycles. The molecule has 3 fully saturated rings. The SMILES string of the molecule is O=C1CCC(N2Cc3cc(N4CCC(CN5CCN(c6ccc(C(=O)c7c(-c8ccc(B(O)O)cc8)sc8cc(O)ccc78)cc6)CC5)CC4)ccc3C2=O)C(=O)N1. The van der Waals surface area contributed by atoms with Gasteiger partial charge in [-0.25, -0.2) is 0 Å². The van der Waals surface area contributed by atoms with Gasteiger partial charge in [-0.3, -0.25) is 29.4 Å². The van der Waals surface area contributed by atoms with Crippen LogP contribution in [0.15, 0.2) is 84.9 Å². The molecule has 1 atom stereocenters.